The van der Waals surface area contributed by atoms with Gasteiger partial charge in [-0.25, -0.2) is 0 Å². The van der Waals surface area contributed by atoms with Crippen molar-refractivity contribution in [1.29, 1.82) is 0 Å². The maximum absolute atomic E-state index is 4.43. The van der Waals surface area contributed by atoms with Crippen LogP contribution < -0.4 is 0 Å². The van der Waals surface area contributed by atoms with Gasteiger partial charge in [0.15, 0.2) is 7.55 Å². The molecule has 0 heterocycles. The molecule has 0 aliphatic rings. The quantitative estimate of drug-likeness (QED) is 0.368. The van der Waals surface area contributed by atoms with E-state index in [9.17, 15) is 0 Å². The Bertz CT molecular complexity index is 740. The molecule has 0 spiro atoms. The average molecular weight is 339 g/mol. The second-order valence-electron chi connectivity index (χ2n) is 6.69. The molecule has 0 aliphatic heterocycles. The molecule has 24 heavy (non-hydrogen) atoms. The first-order chi connectivity index (χ1) is 11.2. The van der Waals surface area contributed by atoms with Gasteiger partial charge in [-0.1, -0.05) is 36.8 Å². The molecule has 1 atom stereocenters. The van der Waals surface area contributed by atoms with Gasteiger partial charge < -0.3 is 0 Å². The molecule has 1 aromatic rings. The highest BCUT2D eigenvalue weighted by atomic mass is 31.1. The lowest BCUT2D eigenvalue weighted by Crippen LogP contribution is -1.91. The van der Waals surface area contributed by atoms with Gasteiger partial charge in [-0.05, 0) is 82.5 Å². The minimum atomic E-state index is -0.464. The average Bonchev–Trinajstić information content (AvgIpc) is 2.51. The van der Waals surface area contributed by atoms with Crippen molar-refractivity contribution in [1.82, 2.24) is 0 Å². The molecule has 0 bridgehead atoms. The zero-order valence-corrected chi connectivity index (χ0v) is 17.3. The van der Waals surface area contributed by atoms with Crippen LogP contribution in [0.25, 0.3) is 6.08 Å². The Balaban J connectivity index is 3.32. The van der Waals surface area contributed by atoms with Gasteiger partial charge in [0.05, 0.1) is 0 Å². The molecule has 0 aliphatic carbocycles. The summed E-state index contributed by atoms with van der Waals surface area (Å²) in [6, 6.07) is 4.51. The van der Waals surface area contributed by atoms with Crippen molar-refractivity contribution in [3.8, 4) is 0 Å². The van der Waals surface area contributed by atoms with Crippen LogP contribution >= 0.6 is 7.55 Å². The first-order valence-corrected chi connectivity index (χ1v) is 9.99. The molecule has 0 aromatic heterocycles. The molecule has 0 nitrogen and oxygen atoms in total. The molecule has 0 N–H and O–H groups in total. The number of allylic oxidation sites excluding steroid dienone is 4. The van der Waals surface area contributed by atoms with Crippen molar-refractivity contribution in [2.45, 2.75) is 54.9 Å². The predicted octanol–water partition coefficient (Wildman–Crippen LogP) is 7.70. The smallest absolute Gasteiger partial charge is 0.0960 e. The monoisotopic (exact) mass is 339 g/mol. The van der Waals surface area contributed by atoms with Crippen molar-refractivity contribution in [3.63, 3.8) is 0 Å². The van der Waals surface area contributed by atoms with E-state index in [1.807, 2.05) is 6.92 Å². The van der Waals surface area contributed by atoms with E-state index < -0.39 is 7.55 Å². The summed E-state index contributed by atoms with van der Waals surface area (Å²) in [6.07, 6.45) is 5.51. The van der Waals surface area contributed by atoms with E-state index >= 15 is 0 Å². The van der Waals surface area contributed by atoms with Gasteiger partial charge in [-0.2, -0.15) is 0 Å². The fraction of sp³-hybridized carbons (Fsp3) is 0.348. The fourth-order valence-corrected chi connectivity index (χ4v) is 4.63. The summed E-state index contributed by atoms with van der Waals surface area (Å²) in [7, 11) is -0.464. The summed E-state index contributed by atoms with van der Waals surface area (Å²) in [5.74, 6) is 2.30. The molecule has 0 radical (unpaired) electrons. The van der Waals surface area contributed by atoms with Crippen molar-refractivity contribution < 1.29 is 0 Å². The van der Waals surface area contributed by atoms with Crippen LogP contribution in [0.15, 0.2) is 53.6 Å². The van der Waals surface area contributed by atoms with Gasteiger partial charge in [0, 0.05) is 6.42 Å². The molecule has 0 saturated carbocycles. The van der Waals surface area contributed by atoms with Crippen LogP contribution in [0.5, 0.6) is 0 Å². The van der Waals surface area contributed by atoms with Gasteiger partial charge in [-0.3, -0.25) is 0 Å². The van der Waals surface area contributed by atoms with Crippen LogP contribution in [0, 0.1) is 20.8 Å². The number of rotatable bonds is 6. The lowest BCUT2D eigenvalue weighted by atomic mass is 9.98. The number of hydrogen-bond acceptors (Lipinski definition) is 0. The van der Waals surface area contributed by atoms with Gasteiger partial charge in [0.2, 0.25) is 0 Å². The molecule has 1 aromatic carbocycles. The Kier molecular flexibility index (Phi) is 7.64. The molecule has 0 amide bonds. The molecule has 0 saturated heterocycles. The maximum Gasteiger partial charge on any atom is 0.160 e. The van der Waals surface area contributed by atoms with E-state index in [-0.39, 0.29) is 0 Å². The highest BCUT2D eigenvalue weighted by molar-refractivity contribution is 7.66. The minimum Gasteiger partial charge on any atom is -0.0960 e. The Labute approximate surface area is 150 Å². The molecule has 1 rings (SSSR count). The van der Waals surface area contributed by atoms with E-state index in [1.165, 1.54) is 38.4 Å². The summed E-state index contributed by atoms with van der Waals surface area (Å²) < 4.78 is 0. The minimum absolute atomic E-state index is 0.464. The van der Waals surface area contributed by atoms with E-state index in [0.29, 0.717) is 0 Å². The summed E-state index contributed by atoms with van der Waals surface area (Å²) in [6.45, 7) is 23.6. The summed E-state index contributed by atoms with van der Waals surface area (Å²) in [5, 5.41) is 2.73. The Morgan fingerprint density at radius 2 is 1.71 bits per heavy atom. The molecule has 128 valence electrons. The summed E-state index contributed by atoms with van der Waals surface area (Å²) in [4.78, 5) is 0. The summed E-state index contributed by atoms with van der Waals surface area (Å²) >= 11 is 0. The largest absolute Gasteiger partial charge is 0.160 e. The number of hydrogen-bond donors (Lipinski definition) is 0. The second kappa shape index (κ2) is 9.00. The SMILES string of the molecule is C=C(C)/C=C\[P+](C(=C)/C(C)=C/c1cc(C)cc(C)c1C)=C(C)CC. The van der Waals surface area contributed by atoms with E-state index in [1.54, 1.807) is 0 Å². The molecular weight excluding hydrogens is 307 g/mol. The van der Waals surface area contributed by atoms with Gasteiger partial charge in [0.1, 0.15) is 16.4 Å². The van der Waals surface area contributed by atoms with Crippen LogP contribution in [0.2, 0.25) is 0 Å². The van der Waals surface area contributed by atoms with Crippen LogP contribution in [0.3, 0.4) is 0 Å². The standard InChI is InChI=1S/C23H32P/c1-10-20(7)24(12-11-16(2)3)22(9)19(6)15-23-14-17(4)13-18(5)21(23)8/h11-15H,2,9-10H2,1,3-8H3/q+1/b12-11-,19-15+. The topological polar surface area (TPSA) is 0 Å². The van der Waals surface area contributed by atoms with E-state index in [4.69, 9.17) is 0 Å². The number of benzene rings is 1. The summed E-state index contributed by atoms with van der Waals surface area (Å²) in [5.41, 5.74) is 7.67. The highest BCUT2D eigenvalue weighted by Crippen LogP contribution is 2.42. The number of aryl methyl sites for hydroxylation is 2. The van der Waals surface area contributed by atoms with E-state index in [2.05, 4.69) is 84.8 Å². The molecule has 1 heteroatoms. The van der Waals surface area contributed by atoms with Crippen LogP contribution in [-0.4, -0.2) is 5.29 Å². The second-order valence-corrected chi connectivity index (χ2v) is 9.03. The predicted molar refractivity (Wildman–Crippen MR) is 115 cm³/mol. The fourth-order valence-electron chi connectivity index (χ4n) is 2.55. The van der Waals surface area contributed by atoms with Gasteiger partial charge >= 0.3 is 0 Å². The van der Waals surface area contributed by atoms with Gasteiger partial charge in [0.25, 0.3) is 0 Å². The van der Waals surface area contributed by atoms with Crippen LogP contribution in [0.1, 0.15) is 56.4 Å². The first kappa shape index (κ1) is 20.4. The Morgan fingerprint density at radius 3 is 2.25 bits per heavy atom. The van der Waals surface area contributed by atoms with E-state index in [0.717, 1.165) is 12.0 Å². The van der Waals surface area contributed by atoms with Gasteiger partial charge in [-0.15, -0.1) is 0 Å². The Hall–Kier alpha value is -1.65. The highest BCUT2D eigenvalue weighted by Gasteiger charge is 2.18. The van der Waals surface area contributed by atoms with Crippen molar-refractivity contribution in [3.05, 3.63) is 75.9 Å². The zero-order valence-electron chi connectivity index (χ0n) is 16.5. The van der Waals surface area contributed by atoms with Crippen molar-refractivity contribution in [2.75, 3.05) is 0 Å². The first-order valence-electron chi connectivity index (χ1n) is 8.58. The third-order valence-electron chi connectivity index (χ3n) is 4.40. The molecule has 0 fully saturated rings. The third-order valence-corrected chi connectivity index (χ3v) is 6.92. The van der Waals surface area contributed by atoms with Crippen molar-refractivity contribution >= 4 is 18.9 Å². The maximum atomic E-state index is 4.43. The lowest BCUT2D eigenvalue weighted by molar-refractivity contribution is 1.28. The zero-order chi connectivity index (χ0) is 18.4. The Morgan fingerprint density at radius 1 is 1.08 bits per heavy atom. The molecule has 1 unspecified atom stereocenters. The normalized spacial score (nSPS) is 13.2. The van der Waals surface area contributed by atoms with Crippen molar-refractivity contribution in [2.24, 2.45) is 0 Å². The van der Waals surface area contributed by atoms with Crippen LogP contribution in [0.4, 0.5) is 0 Å². The lowest BCUT2D eigenvalue weighted by Gasteiger charge is -2.08. The van der Waals surface area contributed by atoms with Crippen LogP contribution in [-0.2, 0) is 0 Å². The third kappa shape index (κ3) is 5.46. The molecular formula is C23H32P+.